The van der Waals surface area contributed by atoms with Gasteiger partial charge in [0, 0.05) is 0 Å². The minimum atomic E-state index is -0.255. The van der Waals surface area contributed by atoms with Gasteiger partial charge in [-0.3, -0.25) is 0 Å². The molecule has 0 amide bonds. The van der Waals surface area contributed by atoms with E-state index in [1.54, 1.807) is 0 Å². The second-order valence-corrected chi connectivity index (χ2v) is 0.725. The van der Waals surface area contributed by atoms with Crippen molar-refractivity contribution in [2.75, 3.05) is 0 Å². The molecule has 0 aliphatic heterocycles. The lowest BCUT2D eigenvalue weighted by atomic mass is 11.3. The van der Waals surface area contributed by atoms with Gasteiger partial charge in [-0.1, -0.05) is 5.10 Å². The summed E-state index contributed by atoms with van der Waals surface area (Å²) in [5, 5.41) is 19.4. The fourth-order valence-corrected chi connectivity index (χ4v) is 0.154. The zero-order valence-electron chi connectivity index (χ0n) is 3.20. The van der Waals surface area contributed by atoms with Crippen molar-refractivity contribution in [1.29, 1.82) is 0 Å². The maximum atomic E-state index is 8.18. The molecular formula is CH3ClN4O. The first-order chi connectivity index (χ1) is 2.89. The molecule has 6 heteroatoms. The minimum Gasteiger partial charge on any atom is -0.478 e. The highest BCUT2D eigenvalue weighted by Crippen LogP contribution is 1.83. The number of H-pyrrole nitrogens is 1. The summed E-state index contributed by atoms with van der Waals surface area (Å²) in [6.45, 7) is 0. The zero-order valence-corrected chi connectivity index (χ0v) is 4.01. The summed E-state index contributed by atoms with van der Waals surface area (Å²) in [5.41, 5.74) is 0. The van der Waals surface area contributed by atoms with Gasteiger partial charge in [0.1, 0.15) is 0 Å². The van der Waals surface area contributed by atoms with Gasteiger partial charge >= 0.3 is 6.01 Å². The molecule has 5 nitrogen and oxygen atoms in total. The van der Waals surface area contributed by atoms with Crippen molar-refractivity contribution in [2.24, 2.45) is 0 Å². The Balaban J connectivity index is 0.000000360. The van der Waals surface area contributed by atoms with Crippen LogP contribution in [0.1, 0.15) is 0 Å². The van der Waals surface area contributed by atoms with E-state index in [2.05, 4.69) is 20.6 Å². The van der Waals surface area contributed by atoms with E-state index < -0.39 is 0 Å². The molecule has 1 aromatic rings. The summed E-state index contributed by atoms with van der Waals surface area (Å²) in [4.78, 5) is 0. The average Bonchev–Trinajstić information content (AvgIpc) is 1.86. The van der Waals surface area contributed by atoms with E-state index in [-0.39, 0.29) is 18.4 Å². The summed E-state index contributed by atoms with van der Waals surface area (Å²) >= 11 is 0. The second kappa shape index (κ2) is 2.35. The van der Waals surface area contributed by atoms with Crippen LogP contribution in [0.3, 0.4) is 0 Å². The van der Waals surface area contributed by atoms with Gasteiger partial charge < -0.3 is 5.11 Å². The van der Waals surface area contributed by atoms with E-state index in [4.69, 9.17) is 5.11 Å². The number of tetrazole rings is 1. The molecule has 0 spiro atoms. The number of rotatable bonds is 0. The van der Waals surface area contributed by atoms with Crippen LogP contribution in [0.15, 0.2) is 0 Å². The molecule has 0 saturated heterocycles. The van der Waals surface area contributed by atoms with E-state index in [0.29, 0.717) is 0 Å². The highest BCUT2D eigenvalue weighted by molar-refractivity contribution is 5.85. The number of nitrogens with one attached hydrogen (secondary N) is 1. The van der Waals surface area contributed by atoms with E-state index >= 15 is 0 Å². The predicted octanol–water partition coefficient (Wildman–Crippen LogP) is -0.673. The Kier molecular flexibility index (Phi) is 2.07. The maximum Gasteiger partial charge on any atom is 0.330 e. The highest BCUT2D eigenvalue weighted by Gasteiger charge is 1.81. The monoisotopic (exact) mass is 122 g/mol. The van der Waals surface area contributed by atoms with Gasteiger partial charge in [-0.15, -0.1) is 12.4 Å². The molecule has 2 N–H and O–H groups in total. The first-order valence-electron chi connectivity index (χ1n) is 1.32. The molecule has 40 valence electrons. The van der Waals surface area contributed by atoms with E-state index in [9.17, 15) is 0 Å². The van der Waals surface area contributed by atoms with Crippen LogP contribution in [-0.4, -0.2) is 25.7 Å². The maximum absolute atomic E-state index is 8.18. The van der Waals surface area contributed by atoms with Gasteiger partial charge in [-0.05, 0) is 10.4 Å². The molecular weight excluding hydrogens is 119 g/mol. The Morgan fingerprint density at radius 1 is 1.57 bits per heavy atom. The molecule has 0 fully saturated rings. The SMILES string of the molecule is Cl.Oc1nnn[nH]1. The fourth-order valence-electron chi connectivity index (χ4n) is 0.154. The van der Waals surface area contributed by atoms with Crippen molar-refractivity contribution in [1.82, 2.24) is 20.6 Å². The van der Waals surface area contributed by atoms with Gasteiger partial charge in [-0.2, -0.15) is 0 Å². The molecule has 1 aromatic heterocycles. The number of hydrogen-bond acceptors (Lipinski definition) is 4. The van der Waals surface area contributed by atoms with Crippen molar-refractivity contribution >= 4 is 12.4 Å². The van der Waals surface area contributed by atoms with Crippen LogP contribution in [0.2, 0.25) is 0 Å². The standard InChI is InChI=1S/CH2N4O.ClH/c6-1-2-4-5-3-1;/h(H2,2,3,4,5,6);1H. The average molecular weight is 123 g/mol. The number of aromatic nitrogens is 4. The number of nitrogens with zero attached hydrogens (tertiary/aromatic N) is 3. The number of aromatic hydroxyl groups is 1. The van der Waals surface area contributed by atoms with Crippen LogP contribution in [-0.2, 0) is 0 Å². The van der Waals surface area contributed by atoms with Gasteiger partial charge in [-0.25, -0.2) is 5.10 Å². The topological polar surface area (TPSA) is 74.7 Å². The largest absolute Gasteiger partial charge is 0.478 e. The summed E-state index contributed by atoms with van der Waals surface area (Å²) in [6.07, 6.45) is 0. The lowest BCUT2D eigenvalue weighted by molar-refractivity contribution is 0.431. The van der Waals surface area contributed by atoms with Crippen molar-refractivity contribution in [3.63, 3.8) is 0 Å². The summed E-state index contributed by atoms with van der Waals surface area (Å²) in [5.74, 6) is 0. The zero-order chi connectivity index (χ0) is 4.41. The van der Waals surface area contributed by atoms with E-state index in [0.717, 1.165) is 0 Å². The van der Waals surface area contributed by atoms with Gasteiger partial charge in [0.2, 0.25) is 0 Å². The van der Waals surface area contributed by atoms with Gasteiger partial charge in [0.05, 0.1) is 0 Å². The Bertz CT molecular complexity index is 115. The van der Waals surface area contributed by atoms with Crippen molar-refractivity contribution in [3.05, 3.63) is 0 Å². The van der Waals surface area contributed by atoms with Gasteiger partial charge in [0.15, 0.2) is 0 Å². The van der Waals surface area contributed by atoms with Crippen LogP contribution in [0.4, 0.5) is 0 Å². The van der Waals surface area contributed by atoms with Crippen molar-refractivity contribution in [3.8, 4) is 6.01 Å². The third kappa shape index (κ3) is 1.36. The molecule has 0 unspecified atom stereocenters. The van der Waals surface area contributed by atoms with Crippen molar-refractivity contribution in [2.45, 2.75) is 0 Å². The van der Waals surface area contributed by atoms with E-state index in [1.165, 1.54) is 0 Å². The quantitative estimate of drug-likeness (QED) is 0.479. The van der Waals surface area contributed by atoms with Crippen LogP contribution in [0.5, 0.6) is 6.01 Å². The van der Waals surface area contributed by atoms with Crippen LogP contribution in [0, 0.1) is 0 Å². The number of hydrogen-bond donors (Lipinski definition) is 2. The predicted molar refractivity (Wildman–Crippen MR) is 23.1 cm³/mol. The third-order valence-corrected chi connectivity index (χ3v) is 0.334. The molecule has 0 atom stereocenters. The van der Waals surface area contributed by atoms with Crippen LogP contribution in [0.25, 0.3) is 0 Å². The summed E-state index contributed by atoms with van der Waals surface area (Å²) < 4.78 is 0. The molecule has 1 rings (SSSR count). The van der Waals surface area contributed by atoms with Crippen LogP contribution < -0.4 is 0 Å². The first-order valence-corrected chi connectivity index (χ1v) is 1.32. The fraction of sp³-hybridized carbons (Fsp3) is 0. The second-order valence-electron chi connectivity index (χ2n) is 0.725. The highest BCUT2D eigenvalue weighted by atomic mass is 35.5. The first kappa shape index (κ1) is 6.16. The Morgan fingerprint density at radius 2 is 2.29 bits per heavy atom. The molecule has 0 aromatic carbocycles. The molecule has 0 bridgehead atoms. The smallest absolute Gasteiger partial charge is 0.330 e. The number of aromatic amines is 1. The lowest BCUT2D eigenvalue weighted by Crippen LogP contribution is -1.64. The summed E-state index contributed by atoms with van der Waals surface area (Å²) in [6, 6.07) is -0.255. The van der Waals surface area contributed by atoms with Crippen LogP contribution >= 0.6 is 12.4 Å². The lowest BCUT2D eigenvalue weighted by Gasteiger charge is -1.63. The number of halogens is 1. The molecule has 0 aliphatic carbocycles. The molecule has 0 saturated carbocycles. The molecule has 0 aliphatic rings. The minimum absolute atomic E-state index is 0. The summed E-state index contributed by atoms with van der Waals surface area (Å²) in [7, 11) is 0. The normalized spacial score (nSPS) is 7.43. The molecule has 1 heterocycles. The Hall–Kier alpha value is -0.840. The van der Waals surface area contributed by atoms with Crippen molar-refractivity contribution < 1.29 is 5.11 Å². The third-order valence-electron chi connectivity index (χ3n) is 0.334. The molecule has 0 radical (unpaired) electrons. The Labute approximate surface area is 45.2 Å². The molecule has 7 heavy (non-hydrogen) atoms. The Morgan fingerprint density at radius 3 is 2.43 bits per heavy atom. The van der Waals surface area contributed by atoms with Gasteiger partial charge in [0.25, 0.3) is 0 Å². The van der Waals surface area contributed by atoms with E-state index in [1.807, 2.05) is 0 Å².